The molecule has 0 atom stereocenters. The van der Waals surface area contributed by atoms with Crippen LogP contribution >= 0.6 is 0 Å². The van der Waals surface area contributed by atoms with Crippen molar-refractivity contribution in [1.82, 2.24) is 10.0 Å². The van der Waals surface area contributed by atoms with Crippen LogP contribution in [0.5, 0.6) is 17.2 Å². The molecule has 0 aliphatic carbocycles. The van der Waals surface area contributed by atoms with E-state index in [0.717, 1.165) is 0 Å². The summed E-state index contributed by atoms with van der Waals surface area (Å²) in [5.41, 5.74) is 0.573. The lowest BCUT2D eigenvalue weighted by Gasteiger charge is -2.21. The number of hydrogen-bond acceptors (Lipinski definition) is 5. The molecule has 1 heterocycles. The van der Waals surface area contributed by atoms with Crippen molar-refractivity contribution >= 4 is 0 Å². The summed E-state index contributed by atoms with van der Waals surface area (Å²) >= 11 is 0. The minimum Gasteiger partial charge on any atom is -0.506 e. The summed E-state index contributed by atoms with van der Waals surface area (Å²) in [5.74, 6) is 1.46. The van der Waals surface area contributed by atoms with Gasteiger partial charge < -0.3 is 14.7 Å². The Morgan fingerprint density at radius 3 is 2.55 bits per heavy atom. The van der Waals surface area contributed by atoms with E-state index in [2.05, 4.69) is 4.98 Å². The predicted octanol–water partition coefficient (Wildman–Crippen LogP) is 2.61. The van der Waals surface area contributed by atoms with Crippen LogP contribution in [0.4, 0.5) is 0 Å². The lowest BCUT2D eigenvalue weighted by Crippen LogP contribution is -2.27. The number of hydrogen-bond donors (Lipinski definition) is 1. The molecule has 0 bridgehead atoms. The second-order valence-corrected chi connectivity index (χ2v) is 4.17. The molecule has 0 unspecified atom stereocenters. The van der Waals surface area contributed by atoms with Gasteiger partial charge in [0, 0.05) is 12.7 Å². The Morgan fingerprint density at radius 1 is 1.15 bits per heavy atom. The number of hydroxylamine groups is 2. The predicted molar refractivity (Wildman–Crippen MR) is 75.6 cm³/mol. The monoisotopic (exact) mass is 274 g/mol. The summed E-state index contributed by atoms with van der Waals surface area (Å²) in [7, 11) is 1.60. The van der Waals surface area contributed by atoms with Crippen molar-refractivity contribution in [3.8, 4) is 17.2 Å². The van der Waals surface area contributed by atoms with Crippen LogP contribution in [0.25, 0.3) is 0 Å². The van der Waals surface area contributed by atoms with E-state index in [1.54, 1.807) is 30.5 Å². The van der Waals surface area contributed by atoms with E-state index in [0.29, 0.717) is 30.3 Å². The van der Waals surface area contributed by atoms with Crippen molar-refractivity contribution < 1.29 is 14.7 Å². The van der Waals surface area contributed by atoms with Gasteiger partial charge in [-0.15, -0.1) is 5.06 Å². The van der Waals surface area contributed by atoms with Crippen LogP contribution in [0.3, 0.4) is 0 Å². The zero-order valence-electron chi connectivity index (χ0n) is 11.6. The molecule has 2 rings (SSSR count). The molecule has 0 aliphatic heterocycles. The summed E-state index contributed by atoms with van der Waals surface area (Å²) in [4.78, 5) is 9.95. The summed E-state index contributed by atoms with van der Waals surface area (Å²) < 4.78 is 5.25. The maximum atomic E-state index is 9.75. The van der Waals surface area contributed by atoms with Crippen molar-refractivity contribution in [2.75, 3.05) is 13.7 Å². The highest BCUT2D eigenvalue weighted by molar-refractivity contribution is 5.39. The first-order valence-electron chi connectivity index (χ1n) is 6.43. The van der Waals surface area contributed by atoms with Gasteiger partial charge >= 0.3 is 0 Å². The van der Waals surface area contributed by atoms with Crippen molar-refractivity contribution in [3.05, 3.63) is 48.3 Å². The SMILES string of the molecule is CCN(Cc1ncccc1O)Oc1ccccc1OC. The molecule has 1 aromatic heterocycles. The minimum atomic E-state index is 0.162. The zero-order chi connectivity index (χ0) is 14.4. The summed E-state index contributed by atoms with van der Waals surface area (Å²) in [6.45, 7) is 3.00. The smallest absolute Gasteiger partial charge is 0.189 e. The fourth-order valence-corrected chi connectivity index (χ4v) is 1.76. The average Bonchev–Trinajstić information content (AvgIpc) is 2.49. The van der Waals surface area contributed by atoms with Crippen molar-refractivity contribution in [2.24, 2.45) is 0 Å². The first-order valence-corrected chi connectivity index (χ1v) is 6.43. The number of aromatic nitrogens is 1. The normalized spacial score (nSPS) is 10.6. The molecule has 5 heteroatoms. The van der Waals surface area contributed by atoms with Gasteiger partial charge in [0.15, 0.2) is 11.5 Å². The highest BCUT2D eigenvalue weighted by atomic mass is 16.7. The third-order valence-electron chi connectivity index (χ3n) is 2.84. The Bertz CT molecular complexity index is 560. The highest BCUT2D eigenvalue weighted by Crippen LogP contribution is 2.27. The number of pyridine rings is 1. The van der Waals surface area contributed by atoms with Crippen LogP contribution in [0.15, 0.2) is 42.6 Å². The largest absolute Gasteiger partial charge is 0.506 e. The molecule has 0 aliphatic rings. The molecule has 0 amide bonds. The molecule has 0 fully saturated rings. The lowest BCUT2D eigenvalue weighted by atomic mass is 10.3. The Labute approximate surface area is 118 Å². The van der Waals surface area contributed by atoms with Crippen LogP contribution in [0.1, 0.15) is 12.6 Å². The number of rotatable bonds is 6. The highest BCUT2D eigenvalue weighted by Gasteiger charge is 2.12. The number of aromatic hydroxyl groups is 1. The number of nitrogens with zero attached hydrogens (tertiary/aromatic N) is 2. The molecule has 1 aromatic carbocycles. The van der Waals surface area contributed by atoms with E-state index in [9.17, 15) is 5.11 Å². The maximum Gasteiger partial charge on any atom is 0.189 e. The number of methoxy groups -OCH3 is 1. The fraction of sp³-hybridized carbons (Fsp3) is 0.267. The molecule has 20 heavy (non-hydrogen) atoms. The molecule has 0 spiro atoms. The molecule has 0 radical (unpaired) electrons. The number of para-hydroxylation sites is 2. The van der Waals surface area contributed by atoms with Crippen LogP contribution < -0.4 is 9.57 Å². The van der Waals surface area contributed by atoms with E-state index in [1.165, 1.54) is 0 Å². The maximum absolute atomic E-state index is 9.75. The molecule has 1 N–H and O–H groups in total. The van der Waals surface area contributed by atoms with Gasteiger partial charge in [0.05, 0.1) is 19.3 Å². The first kappa shape index (κ1) is 14.1. The molecule has 0 saturated heterocycles. The third kappa shape index (κ3) is 3.39. The van der Waals surface area contributed by atoms with E-state index < -0.39 is 0 Å². The van der Waals surface area contributed by atoms with Gasteiger partial charge in [0.1, 0.15) is 5.75 Å². The van der Waals surface area contributed by atoms with Gasteiger partial charge in [0.2, 0.25) is 0 Å². The lowest BCUT2D eigenvalue weighted by molar-refractivity contribution is -0.0653. The van der Waals surface area contributed by atoms with Crippen LogP contribution in [-0.2, 0) is 6.54 Å². The number of benzene rings is 1. The second-order valence-electron chi connectivity index (χ2n) is 4.17. The van der Waals surface area contributed by atoms with Gasteiger partial charge in [-0.3, -0.25) is 4.98 Å². The minimum absolute atomic E-state index is 0.162. The van der Waals surface area contributed by atoms with Gasteiger partial charge in [-0.25, -0.2) is 0 Å². The Hall–Kier alpha value is -2.27. The van der Waals surface area contributed by atoms with E-state index in [-0.39, 0.29) is 5.75 Å². The Morgan fingerprint density at radius 2 is 1.90 bits per heavy atom. The third-order valence-corrected chi connectivity index (χ3v) is 2.84. The zero-order valence-corrected chi connectivity index (χ0v) is 11.6. The van der Waals surface area contributed by atoms with Gasteiger partial charge in [-0.05, 0) is 31.2 Å². The quantitative estimate of drug-likeness (QED) is 0.821. The van der Waals surface area contributed by atoms with E-state index in [1.807, 2.05) is 31.2 Å². The molecule has 5 nitrogen and oxygen atoms in total. The van der Waals surface area contributed by atoms with Crippen LogP contribution in [-0.4, -0.2) is 28.8 Å². The molecule has 106 valence electrons. The summed E-state index contributed by atoms with van der Waals surface area (Å²) in [6, 6.07) is 10.7. The second kappa shape index (κ2) is 6.77. The summed E-state index contributed by atoms with van der Waals surface area (Å²) in [5, 5.41) is 11.5. The van der Waals surface area contributed by atoms with Crippen molar-refractivity contribution in [3.63, 3.8) is 0 Å². The van der Waals surface area contributed by atoms with E-state index in [4.69, 9.17) is 9.57 Å². The first-order chi connectivity index (χ1) is 9.74. The fourth-order valence-electron chi connectivity index (χ4n) is 1.76. The molecule has 2 aromatic rings. The molecule has 0 saturated carbocycles. The van der Waals surface area contributed by atoms with E-state index >= 15 is 0 Å². The van der Waals surface area contributed by atoms with Crippen molar-refractivity contribution in [1.29, 1.82) is 0 Å². The average molecular weight is 274 g/mol. The summed E-state index contributed by atoms with van der Waals surface area (Å²) in [6.07, 6.45) is 1.64. The van der Waals surface area contributed by atoms with Gasteiger partial charge in [0.25, 0.3) is 0 Å². The standard InChI is InChI=1S/C15H18N2O3/c1-3-17(11-12-13(18)7-6-10-16-12)20-15-9-5-4-8-14(15)19-2/h4-10,18H,3,11H2,1-2H3. The van der Waals surface area contributed by atoms with Gasteiger partial charge in [-0.1, -0.05) is 12.1 Å². The Balaban J connectivity index is 2.11. The topological polar surface area (TPSA) is 54.8 Å². The van der Waals surface area contributed by atoms with Crippen LogP contribution in [0, 0.1) is 0 Å². The van der Waals surface area contributed by atoms with Gasteiger partial charge in [-0.2, -0.15) is 0 Å². The Kier molecular flexibility index (Phi) is 4.79. The van der Waals surface area contributed by atoms with Crippen molar-refractivity contribution in [2.45, 2.75) is 13.5 Å². The molecular weight excluding hydrogens is 256 g/mol. The number of ether oxygens (including phenoxy) is 1. The molecular formula is C15H18N2O3. The van der Waals surface area contributed by atoms with Crippen LogP contribution in [0.2, 0.25) is 0 Å².